The van der Waals surface area contributed by atoms with Gasteiger partial charge in [0.1, 0.15) is 5.82 Å². The Morgan fingerprint density at radius 2 is 1.69 bits per heavy atom. The lowest BCUT2D eigenvalue weighted by molar-refractivity contribution is -0.117. The number of hydrogen-bond acceptors (Lipinski definition) is 6. The lowest BCUT2D eigenvalue weighted by Gasteiger charge is -2.37. The van der Waals surface area contributed by atoms with E-state index < -0.39 is 0 Å². The highest BCUT2D eigenvalue weighted by molar-refractivity contribution is 5.97. The Morgan fingerprint density at radius 1 is 0.938 bits per heavy atom. The molecule has 164 valence electrons. The molecule has 7 nitrogen and oxygen atoms in total. The number of carbonyl (C=O) groups excluding carboxylic acids is 1. The molecule has 0 spiro atoms. The first-order valence-corrected chi connectivity index (χ1v) is 10.9. The molecule has 2 aromatic heterocycles. The van der Waals surface area contributed by atoms with Crippen molar-refractivity contribution in [1.29, 1.82) is 0 Å². The van der Waals surface area contributed by atoms with Crippen molar-refractivity contribution >= 4 is 17.5 Å². The second-order valence-corrected chi connectivity index (χ2v) is 8.23. The van der Waals surface area contributed by atoms with Crippen LogP contribution >= 0.6 is 0 Å². The number of aryl methyl sites for hydroxylation is 1. The molecule has 5 rings (SSSR count). The van der Waals surface area contributed by atoms with Crippen LogP contribution in [-0.4, -0.2) is 64.5 Å². The molecule has 1 atom stereocenters. The van der Waals surface area contributed by atoms with Crippen molar-refractivity contribution in [3.63, 3.8) is 0 Å². The predicted octanol–water partition coefficient (Wildman–Crippen LogP) is 2.91. The number of aromatic nitrogens is 3. The van der Waals surface area contributed by atoms with Crippen molar-refractivity contribution in [2.75, 3.05) is 42.5 Å². The molecular weight excluding hydrogens is 407 g/mol. The Hall–Kier alpha value is -3.39. The third-order valence-corrected chi connectivity index (χ3v) is 6.33. The summed E-state index contributed by atoms with van der Waals surface area (Å²) in [6.07, 6.45) is 5.68. The number of amides is 1. The molecule has 0 saturated carbocycles. The molecule has 4 heterocycles. The summed E-state index contributed by atoms with van der Waals surface area (Å²) in [5, 5.41) is 0. The molecule has 0 bridgehead atoms. The Kier molecular flexibility index (Phi) is 5.53. The van der Waals surface area contributed by atoms with Gasteiger partial charge < -0.3 is 9.80 Å². The second kappa shape index (κ2) is 8.63. The van der Waals surface area contributed by atoms with Gasteiger partial charge >= 0.3 is 0 Å². The van der Waals surface area contributed by atoms with Crippen LogP contribution in [0, 0.1) is 12.7 Å². The van der Waals surface area contributed by atoms with Gasteiger partial charge in [-0.1, -0.05) is 6.07 Å². The summed E-state index contributed by atoms with van der Waals surface area (Å²) in [5.41, 5.74) is 2.71. The van der Waals surface area contributed by atoms with Crippen LogP contribution in [-0.2, 0) is 4.79 Å². The zero-order valence-corrected chi connectivity index (χ0v) is 18.0. The second-order valence-electron chi connectivity index (χ2n) is 8.23. The van der Waals surface area contributed by atoms with Crippen LogP contribution in [0.3, 0.4) is 0 Å². The van der Waals surface area contributed by atoms with Gasteiger partial charge in [-0.3, -0.25) is 14.7 Å². The minimum Gasteiger partial charge on any atom is -0.338 e. The van der Waals surface area contributed by atoms with Crippen LogP contribution in [0.5, 0.6) is 0 Å². The Balaban J connectivity index is 1.30. The maximum atomic E-state index is 14.6. The number of hydrogen-bond donors (Lipinski definition) is 0. The zero-order valence-electron chi connectivity index (χ0n) is 18.0. The summed E-state index contributed by atoms with van der Waals surface area (Å²) in [6.45, 7) is 5.84. The third-order valence-electron chi connectivity index (χ3n) is 6.33. The number of rotatable bonds is 4. The van der Waals surface area contributed by atoms with Gasteiger partial charge in [-0.15, -0.1) is 0 Å². The predicted molar refractivity (Wildman–Crippen MR) is 121 cm³/mol. The standard InChI is InChI=1S/C24H25FN6O/c1-17-20(4-2-7-26-17)21-14-18(5-6-22(21)25)31-16-19(15-23(31)32)29-10-12-30(13-11-29)24-27-8-3-9-28-24/h2-9,14,19H,10-13,15-16H2,1H3. The number of benzene rings is 1. The van der Waals surface area contributed by atoms with Crippen LogP contribution in [0.4, 0.5) is 16.0 Å². The number of carbonyl (C=O) groups is 1. The number of anilines is 2. The van der Waals surface area contributed by atoms with Crippen LogP contribution in [0.1, 0.15) is 12.1 Å². The third kappa shape index (κ3) is 3.93. The fraction of sp³-hybridized carbons (Fsp3) is 0.333. The molecule has 0 aliphatic carbocycles. The first-order chi connectivity index (χ1) is 15.6. The summed E-state index contributed by atoms with van der Waals surface area (Å²) in [7, 11) is 0. The van der Waals surface area contributed by atoms with E-state index in [0.29, 0.717) is 18.5 Å². The molecule has 8 heteroatoms. The van der Waals surface area contributed by atoms with E-state index in [1.54, 1.807) is 41.7 Å². The Morgan fingerprint density at radius 3 is 2.44 bits per heavy atom. The number of halogens is 1. The maximum Gasteiger partial charge on any atom is 0.228 e. The Bertz CT molecular complexity index is 1120. The molecule has 0 radical (unpaired) electrons. The number of pyridine rings is 1. The minimum atomic E-state index is -0.313. The highest BCUT2D eigenvalue weighted by Crippen LogP contribution is 2.32. The molecule has 0 N–H and O–H groups in total. The first-order valence-electron chi connectivity index (χ1n) is 10.9. The van der Waals surface area contributed by atoms with Crippen molar-refractivity contribution < 1.29 is 9.18 Å². The molecule has 2 aliphatic heterocycles. The van der Waals surface area contributed by atoms with E-state index >= 15 is 0 Å². The molecule has 3 aromatic rings. The van der Waals surface area contributed by atoms with Crippen LogP contribution in [0.15, 0.2) is 55.0 Å². The van der Waals surface area contributed by atoms with Gasteiger partial charge in [-0.05, 0) is 37.3 Å². The van der Waals surface area contributed by atoms with E-state index in [-0.39, 0.29) is 17.8 Å². The van der Waals surface area contributed by atoms with Crippen molar-refractivity contribution in [1.82, 2.24) is 19.9 Å². The highest BCUT2D eigenvalue weighted by atomic mass is 19.1. The normalized spacial score (nSPS) is 19.6. The Labute approximate surface area is 186 Å². The van der Waals surface area contributed by atoms with Crippen molar-refractivity contribution in [3.05, 3.63) is 66.5 Å². The van der Waals surface area contributed by atoms with Gasteiger partial charge in [0.25, 0.3) is 0 Å². The van der Waals surface area contributed by atoms with E-state index in [1.165, 1.54) is 6.07 Å². The number of piperazine rings is 1. The first kappa shape index (κ1) is 20.5. The van der Waals surface area contributed by atoms with Gasteiger partial charge in [-0.2, -0.15) is 0 Å². The molecule has 2 fully saturated rings. The van der Waals surface area contributed by atoms with Crippen LogP contribution < -0.4 is 9.80 Å². The fourth-order valence-corrected chi connectivity index (χ4v) is 4.58. The van der Waals surface area contributed by atoms with Gasteiger partial charge in [0.05, 0.1) is 0 Å². The minimum absolute atomic E-state index is 0.0734. The summed E-state index contributed by atoms with van der Waals surface area (Å²) in [5.74, 6) is 0.511. The molecule has 1 amide bonds. The van der Waals surface area contributed by atoms with Crippen LogP contribution in [0.25, 0.3) is 11.1 Å². The molecule has 32 heavy (non-hydrogen) atoms. The van der Waals surface area contributed by atoms with Gasteiger partial charge in [-0.25, -0.2) is 14.4 Å². The summed E-state index contributed by atoms with van der Waals surface area (Å²) >= 11 is 0. The average Bonchev–Trinajstić information content (AvgIpc) is 3.22. The van der Waals surface area contributed by atoms with Gasteiger partial charge in [0.2, 0.25) is 11.9 Å². The molecule has 1 aromatic carbocycles. The molecule has 1 unspecified atom stereocenters. The molecule has 2 aliphatic rings. The van der Waals surface area contributed by atoms with Gasteiger partial charge in [0, 0.05) is 86.3 Å². The zero-order chi connectivity index (χ0) is 22.1. The van der Waals surface area contributed by atoms with Crippen molar-refractivity contribution in [3.8, 4) is 11.1 Å². The number of nitrogens with zero attached hydrogens (tertiary/aromatic N) is 6. The van der Waals surface area contributed by atoms with Gasteiger partial charge in [0.15, 0.2) is 0 Å². The van der Waals surface area contributed by atoms with E-state index in [1.807, 2.05) is 19.1 Å². The molecular formula is C24H25FN6O. The average molecular weight is 433 g/mol. The lowest BCUT2D eigenvalue weighted by atomic mass is 10.0. The highest BCUT2D eigenvalue weighted by Gasteiger charge is 2.36. The van der Waals surface area contributed by atoms with Crippen molar-refractivity contribution in [2.45, 2.75) is 19.4 Å². The summed E-state index contributed by atoms with van der Waals surface area (Å²) in [6, 6.07) is 10.5. The summed E-state index contributed by atoms with van der Waals surface area (Å²) < 4.78 is 14.6. The maximum absolute atomic E-state index is 14.6. The van der Waals surface area contributed by atoms with E-state index in [4.69, 9.17) is 0 Å². The molecule has 2 saturated heterocycles. The topological polar surface area (TPSA) is 65.5 Å². The quantitative estimate of drug-likeness (QED) is 0.632. The van der Waals surface area contributed by atoms with Crippen molar-refractivity contribution in [2.24, 2.45) is 0 Å². The lowest BCUT2D eigenvalue weighted by Crippen LogP contribution is -2.51. The summed E-state index contributed by atoms with van der Waals surface area (Å²) in [4.78, 5) is 32.1. The SMILES string of the molecule is Cc1ncccc1-c1cc(N2CC(N3CCN(c4ncccn4)CC3)CC2=O)ccc1F. The van der Waals surface area contributed by atoms with Crippen LogP contribution in [0.2, 0.25) is 0 Å². The van der Waals surface area contributed by atoms with E-state index in [2.05, 4.69) is 24.8 Å². The van der Waals surface area contributed by atoms with E-state index in [0.717, 1.165) is 49.1 Å². The fourth-order valence-electron chi connectivity index (χ4n) is 4.58. The largest absolute Gasteiger partial charge is 0.338 e. The smallest absolute Gasteiger partial charge is 0.228 e. The monoisotopic (exact) mass is 432 g/mol. The van der Waals surface area contributed by atoms with E-state index in [9.17, 15) is 9.18 Å².